The molecule has 4 nitrogen and oxygen atoms in total. The van der Waals surface area contributed by atoms with Gasteiger partial charge in [-0.25, -0.2) is 0 Å². The van der Waals surface area contributed by atoms with E-state index in [0.29, 0.717) is 11.3 Å². The highest BCUT2D eigenvalue weighted by Gasteiger charge is 2.06. The average molecular weight is 314 g/mol. The summed E-state index contributed by atoms with van der Waals surface area (Å²) in [5, 5.41) is 0. The number of amides is 2. The minimum atomic E-state index is -0.322. The highest BCUT2D eigenvalue weighted by Crippen LogP contribution is 2.13. The van der Waals surface area contributed by atoms with Crippen LogP contribution in [0.1, 0.15) is 21.5 Å². The van der Waals surface area contributed by atoms with E-state index in [-0.39, 0.29) is 11.8 Å². The standard InChI is InChI=1S/C17H18N2O2S/c1-13-6-5-7-14(10-13)11-22-12-16(20)18-19-17(21)15-8-3-2-4-9-15/h2-10H,11-12H2,1H3,(H,18,20)(H,19,21). The topological polar surface area (TPSA) is 58.2 Å². The molecule has 0 saturated carbocycles. The van der Waals surface area contributed by atoms with Gasteiger partial charge in [-0.2, -0.15) is 0 Å². The lowest BCUT2D eigenvalue weighted by Gasteiger charge is -2.07. The molecule has 0 aliphatic rings. The second-order valence-electron chi connectivity index (χ2n) is 4.85. The number of rotatable bonds is 5. The van der Waals surface area contributed by atoms with Crippen LogP contribution in [-0.2, 0) is 10.5 Å². The third-order valence-electron chi connectivity index (χ3n) is 2.94. The summed E-state index contributed by atoms with van der Waals surface area (Å²) in [5.74, 6) is 0.518. The minimum absolute atomic E-state index is 0.220. The first kappa shape index (κ1) is 16.1. The maximum atomic E-state index is 11.7. The van der Waals surface area contributed by atoms with Crippen LogP contribution in [0.2, 0.25) is 0 Å². The first-order valence-electron chi connectivity index (χ1n) is 6.92. The van der Waals surface area contributed by atoms with Crippen LogP contribution in [0.4, 0.5) is 0 Å². The summed E-state index contributed by atoms with van der Waals surface area (Å²) >= 11 is 1.51. The molecule has 0 radical (unpaired) electrons. The molecule has 2 aromatic carbocycles. The molecule has 2 rings (SSSR count). The molecule has 0 aliphatic heterocycles. The van der Waals surface area contributed by atoms with Crippen LogP contribution in [-0.4, -0.2) is 17.6 Å². The summed E-state index contributed by atoms with van der Waals surface area (Å²) in [6.45, 7) is 2.04. The fourth-order valence-corrected chi connectivity index (χ4v) is 2.66. The molecule has 0 aromatic heterocycles. The number of hydrogen-bond acceptors (Lipinski definition) is 3. The zero-order valence-electron chi connectivity index (χ0n) is 12.3. The Morgan fingerprint density at radius 1 is 1.00 bits per heavy atom. The van der Waals surface area contributed by atoms with Crippen LogP contribution >= 0.6 is 11.8 Å². The van der Waals surface area contributed by atoms with Crippen molar-refractivity contribution in [2.75, 3.05) is 5.75 Å². The number of thioether (sulfide) groups is 1. The number of benzene rings is 2. The maximum Gasteiger partial charge on any atom is 0.269 e. The molecule has 0 saturated heterocycles. The van der Waals surface area contributed by atoms with Crippen molar-refractivity contribution in [1.82, 2.24) is 10.9 Å². The Labute approximate surface area is 134 Å². The summed E-state index contributed by atoms with van der Waals surface area (Å²) in [5.41, 5.74) is 7.73. The number of hydrogen-bond donors (Lipinski definition) is 2. The summed E-state index contributed by atoms with van der Waals surface area (Å²) < 4.78 is 0. The molecular weight excluding hydrogens is 296 g/mol. The molecule has 0 aliphatic carbocycles. The lowest BCUT2D eigenvalue weighted by molar-refractivity contribution is -0.119. The number of nitrogens with one attached hydrogen (secondary N) is 2. The van der Waals surface area contributed by atoms with Crippen molar-refractivity contribution in [1.29, 1.82) is 0 Å². The van der Waals surface area contributed by atoms with E-state index in [2.05, 4.69) is 16.9 Å². The van der Waals surface area contributed by atoms with Gasteiger partial charge >= 0.3 is 0 Å². The maximum absolute atomic E-state index is 11.7. The highest BCUT2D eigenvalue weighted by atomic mass is 32.2. The SMILES string of the molecule is Cc1cccc(CSCC(=O)NNC(=O)c2ccccc2)c1. The first-order valence-corrected chi connectivity index (χ1v) is 8.08. The summed E-state index contributed by atoms with van der Waals surface area (Å²) in [4.78, 5) is 23.4. The van der Waals surface area contributed by atoms with E-state index >= 15 is 0 Å². The molecule has 2 N–H and O–H groups in total. The van der Waals surface area contributed by atoms with E-state index in [9.17, 15) is 9.59 Å². The fraction of sp³-hybridized carbons (Fsp3) is 0.176. The molecule has 0 heterocycles. The second kappa shape index (κ2) is 8.24. The molecule has 0 bridgehead atoms. The predicted octanol–water partition coefficient (Wildman–Crippen LogP) is 2.69. The van der Waals surface area contributed by atoms with Crippen molar-refractivity contribution in [2.24, 2.45) is 0 Å². The van der Waals surface area contributed by atoms with E-state index in [1.54, 1.807) is 24.3 Å². The van der Waals surface area contributed by atoms with Gasteiger partial charge in [0.2, 0.25) is 5.91 Å². The largest absolute Gasteiger partial charge is 0.272 e. The lowest BCUT2D eigenvalue weighted by atomic mass is 10.2. The van der Waals surface area contributed by atoms with Gasteiger partial charge in [-0.1, -0.05) is 48.0 Å². The minimum Gasteiger partial charge on any atom is -0.272 e. The quantitative estimate of drug-likeness (QED) is 0.834. The third kappa shape index (κ3) is 5.26. The summed E-state index contributed by atoms with van der Waals surface area (Å²) in [7, 11) is 0. The van der Waals surface area contributed by atoms with Gasteiger partial charge in [0, 0.05) is 11.3 Å². The van der Waals surface area contributed by atoms with Crippen molar-refractivity contribution >= 4 is 23.6 Å². The van der Waals surface area contributed by atoms with E-state index in [1.165, 1.54) is 22.9 Å². The zero-order chi connectivity index (χ0) is 15.8. The number of carbonyl (C=O) groups excluding carboxylic acids is 2. The Kier molecular flexibility index (Phi) is 6.03. The number of aryl methyl sites for hydroxylation is 1. The van der Waals surface area contributed by atoms with Gasteiger partial charge in [0.1, 0.15) is 0 Å². The van der Waals surface area contributed by atoms with E-state index < -0.39 is 0 Å². The first-order chi connectivity index (χ1) is 10.6. The zero-order valence-corrected chi connectivity index (χ0v) is 13.2. The van der Waals surface area contributed by atoms with Gasteiger partial charge in [-0.3, -0.25) is 20.4 Å². The van der Waals surface area contributed by atoms with Crippen LogP contribution in [0.3, 0.4) is 0 Å². The molecule has 114 valence electrons. The Morgan fingerprint density at radius 2 is 1.77 bits per heavy atom. The van der Waals surface area contributed by atoms with Gasteiger partial charge in [0.05, 0.1) is 5.75 Å². The monoisotopic (exact) mass is 314 g/mol. The number of hydrazine groups is 1. The number of carbonyl (C=O) groups is 2. The third-order valence-corrected chi connectivity index (χ3v) is 3.94. The second-order valence-corrected chi connectivity index (χ2v) is 5.84. The Hall–Kier alpha value is -2.27. The predicted molar refractivity (Wildman–Crippen MR) is 89.4 cm³/mol. The molecule has 0 atom stereocenters. The smallest absolute Gasteiger partial charge is 0.269 e. The van der Waals surface area contributed by atoms with Crippen molar-refractivity contribution in [3.8, 4) is 0 Å². The molecule has 22 heavy (non-hydrogen) atoms. The van der Waals surface area contributed by atoms with Crippen molar-refractivity contribution in [2.45, 2.75) is 12.7 Å². The highest BCUT2D eigenvalue weighted by molar-refractivity contribution is 7.99. The molecule has 2 aromatic rings. The van der Waals surface area contributed by atoms with Gasteiger partial charge < -0.3 is 0 Å². The average Bonchev–Trinajstić information content (AvgIpc) is 2.53. The van der Waals surface area contributed by atoms with Crippen LogP contribution < -0.4 is 10.9 Å². The normalized spacial score (nSPS) is 10.0. The Morgan fingerprint density at radius 3 is 2.50 bits per heavy atom. The van der Waals surface area contributed by atoms with Gasteiger partial charge in [0.25, 0.3) is 5.91 Å². The fourth-order valence-electron chi connectivity index (χ4n) is 1.89. The summed E-state index contributed by atoms with van der Waals surface area (Å²) in [6.07, 6.45) is 0. The Balaban J connectivity index is 1.69. The van der Waals surface area contributed by atoms with Crippen molar-refractivity contribution < 1.29 is 9.59 Å². The Bertz CT molecular complexity index is 644. The summed E-state index contributed by atoms with van der Waals surface area (Å²) in [6, 6.07) is 16.9. The van der Waals surface area contributed by atoms with E-state index in [1.807, 2.05) is 31.2 Å². The van der Waals surface area contributed by atoms with E-state index in [0.717, 1.165) is 5.75 Å². The molecule has 0 unspecified atom stereocenters. The van der Waals surface area contributed by atoms with Crippen LogP contribution in [0.5, 0.6) is 0 Å². The van der Waals surface area contributed by atoms with Crippen LogP contribution in [0, 0.1) is 6.92 Å². The van der Waals surface area contributed by atoms with E-state index in [4.69, 9.17) is 0 Å². The molecule has 5 heteroatoms. The molecule has 0 fully saturated rings. The van der Waals surface area contributed by atoms with Crippen LogP contribution in [0.25, 0.3) is 0 Å². The molecule has 2 amide bonds. The van der Waals surface area contributed by atoms with Gasteiger partial charge in [0.15, 0.2) is 0 Å². The van der Waals surface area contributed by atoms with Crippen LogP contribution in [0.15, 0.2) is 54.6 Å². The van der Waals surface area contributed by atoms with Crippen molar-refractivity contribution in [3.05, 3.63) is 71.3 Å². The van der Waals surface area contributed by atoms with Crippen molar-refractivity contribution in [3.63, 3.8) is 0 Å². The molecular formula is C17H18N2O2S. The van der Waals surface area contributed by atoms with Gasteiger partial charge in [-0.15, -0.1) is 11.8 Å². The lowest BCUT2D eigenvalue weighted by Crippen LogP contribution is -2.42. The molecule has 0 spiro atoms. The van der Waals surface area contributed by atoms with Gasteiger partial charge in [-0.05, 0) is 24.6 Å².